The fraction of sp³-hybridized carbons (Fsp3) is 0.688. The average Bonchev–Trinajstić information content (AvgIpc) is 2.37. The summed E-state index contributed by atoms with van der Waals surface area (Å²) >= 11 is 0. The monoisotopic (exact) mass is 263 g/mol. The summed E-state index contributed by atoms with van der Waals surface area (Å²) in [6.45, 7) is 10.0. The topological polar surface area (TPSA) is 29.5 Å². The van der Waals surface area contributed by atoms with Crippen molar-refractivity contribution in [2.45, 2.75) is 51.6 Å². The third kappa shape index (κ3) is 6.45. The van der Waals surface area contributed by atoms with Crippen LogP contribution in [0.4, 0.5) is 0 Å². The number of hydrogen-bond donors (Lipinski definition) is 0. The van der Waals surface area contributed by atoms with E-state index < -0.39 is 5.60 Å². The lowest BCUT2D eigenvalue weighted by molar-refractivity contribution is -0.150. The fourth-order valence-corrected chi connectivity index (χ4v) is 2.29. The van der Waals surface area contributed by atoms with Gasteiger partial charge in [0.1, 0.15) is 0 Å². The summed E-state index contributed by atoms with van der Waals surface area (Å²) in [7, 11) is 0. The maximum absolute atomic E-state index is 11.2. The van der Waals surface area contributed by atoms with E-state index in [-0.39, 0.29) is 5.97 Å². The lowest BCUT2D eigenvalue weighted by atomic mass is 10.0. The quantitative estimate of drug-likeness (QED) is 0.434. The number of rotatable bonds is 5. The van der Waals surface area contributed by atoms with Gasteiger partial charge in [0.25, 0.3) is 0 Å². The summed E-state index contributed by atoms with van der Waals surface area (Å²) in [6.07, 6.45) is 7.17. The van der Waals surface area contributed by atoms with Crippen LogP contribution in [0.15, 0.2) is 12.7 Å². The molecule has 0 saturated carbocycles. The Kier molecular flexibility index (Phi) is 6.66. The predicted octanol–water partition coefficient (Wildman–Crippen LogP) is 2.76. The van der Waals surface area contributed by atoms with Crippen LogP contribution in [0.3, 0.4) is 0 Å². The molecule has 19 heavy (non-hydrogen) atoms. The highest BCUT2D eigenvalue weighted by atomic mass is 16.6. The van der Waals surface area contributed by atoms with Crippen LogP contribution in [0.2, 0.25) is 0 Å². The Hall–Kier alpha value is -1.27. The highest BCUT2D eigenvalue weighted by Gasteiger charge is 2.24. The van der Waals surface area contributed by atoms with Gasteiger partial charge in [-0.05, 0) is 39.3 Å². The van der Waals surface area contributed by atoms with Gasteiger partial charge in [-0.2, -0.15) is 0 Å². The lowest BCUT2D eigenvalue weighted by Crippen LogP contribution is -2.31. The van der Waals surface area contributed by atoms with Gasteiger partial charge in [-0.25, -0.2) is 0 Å². The first-order valence-electron chi connectivity index (χ1n) is 7.08. The minimum absolute atomic E-state index is 0.279. The standard InChI is InChI=1S/C16H25NO2/c1-4-5-10-16(3,19-15(2)18)11-9-14-17-12-7-6-8-13-17/h4H,1,5-8,10,12-14H2,2-3H3. The average molecular weight is 263 g/mol. The molecule has 0 aliphatic carbocycles. The zero-order valence-electron chi connectivity index (χ0n) is 12.2. The molecule has 3 nitrogen and oxygen atoms in total. The zero-order chi connectivity index (χ0) is 14.1. The molecule has 1 aliphatic rings. The summed E-state index contributed by atoms with van der Waals surface area (Å²) in [5.41, 5.74) is -0.685. The van der Waals surface area contributed by atoms with Gasteiger partial charge in [0, 0.05) is 13.3 Å². The van der Waals surface area contributed by atoms with E-state index in [1.807, 2.05) is 13.0 Å². The molecule has 1 saturated heterocycles. The number of esters is 1. The van der Waals surface area contributed by atoms with E-state index in [0.717, 1.165) is 26.1 Å². The van der Waals surface area contributed by atoms with Crippen LogP contribution in [0.5, 0.6) is 0 Å². The molecule has 106 valence electrons. The van der Waals surface area contributed by atoms with Gasteiger partial charge in [-0.1, -0.05) is 24.3 Å². The van der Waals surface area contributed by atoms with Gasteiger partial charge >= 0.3 is 5.97 Å². The minimum atomic E-state index is -0.685. The second kappa shape index (κ2) is 8.01. The van der Waals surface area contributed by atoms with Crippen molar-refractivity contribution < 1.29 is 9.53 Å². The molecule has 0 radical (unpaired) electrons. The van der Waals surface area contributed by atoms with Gasteiger partial charge in [-0.3, -0.25) is 9.69 Å². The smallest absolute Gasteiger partial charge is 0.304 e. The van der Waals surface area contributed by atoms with Crippen LogP contribution < -0.4 is 0 Å². The second-order valence-corrected chi connectivity index (χ2v) is 5.29. The van der Waals surface area contributed by atoms with Crippen LogP contribution in [0, 0.1) is 11.8 Å². The molecule has 0 aromatic rings. The Morgan fingerprint density at radius 2 is 2.11 bits per heavy atom. The summed E-state index contributed by atoms with van der Waals surface area (Å²) in [5, 5.41) is 0. The van der Waals surface area contributed by atoms with Crippen molar-refractivity contribution in [3.05, 3.63) is 12.7 Å². The molecular formula is C16H25NO2. The van der Waals surface area contributed by atoms with Gasteiger partial charge in [0.15, 0.2) is 5.60 Å². The third-order valence-electron chi connectivity index (χ3n) is 3.30. The Morgan fingerprint density at radius 1 is 1.42 bits per heavy atom. The predicted molar refractivity (Wildman–Crippen MR) is 77.7 cm³/mol. The summed E-state index contributed by atoms with van der Waals surface area (Å²) in [4.78, 5) is 13.5. The molecule has 0 bridgehead atoms. The van der Waals surface area contributed by atoms with Gasteiger partial charge in [0.05, 0.1) is 6.54 Å². The van der Waals surface area contributed by atoms with E-state index in [2.05, 4.69) is 23.3 Å². The molecule has 0 N–H and O–H groups in total. The van der Waals surface area contributed by atoms with E-state index >= 15 is 0 Å². The molecule has 1 unspecified atom stereocenters. The summed E-state index contributed by atoms with van der Waals surface area (Å²) in [6, 6.07) is 0. The Bertz CT molecular complexity index is 361. The maximum Gasteiger partial charge on any atom is 0.304 e. The molecule has 1 rings (SSSR count). The number of nitrogens with zero attached hydrogens (tertiary/aromatic N) is 1. The second-order valence-electron chi connectivity index (χ2n) is 5.29. The molecule has 0 aromatic heterocycles. The largest absolute Gasteiger partial charge is 0.446 e. The number of piperidine rings is 1. The van der Waals surface area contributed by atoms with E-state index in [0.29, 0.717) is 6.42 Å². The van der Waals surface area contributed by atoms with Crippen molar-refractivity contribution in [2.24, 2.45) is 0 Å². The SMILES string of the molecule is C=CCCC(C)(C#CCN1CCCCC1)OC(C)=O. The molecule has 3 heteroatoms. The maximum atomic E-state index is 11.2. The van der Waals surface area contributed by atoms with Crippen molar-refractivity contribution in [3.63, 3.8) is 0 Å². The number of ether oxygens (including phenoxy) is 1. The Morgan fingerprint density at radius 3 is 2.68 bits per heavy atom. The lowest BCUT2D eigenvalue weighted by Gasteiger charge is -2.25. The first kappa shape index (κ1) is 15.8. The van der Waals surface area contributed by atoms with E-state index in [1.54, 1.807) is 0 Å². The Balaban J connectivity index is 2.54. The number of likely N-dealkylation sites (tertiary alicyclic amines) is 1. The van der Waals surface area contributed by atoms with Gasteiger partial charge < -0.3 is 4.74 Å². The first-order chi connectivity index (χ1) is 9.06. The van der Waals surface area contributed by atoms with Gasteiger partial charge in [0.2, 0.25) is 0 Å². The van der Waals surface area contributed by atoms with E-state index in [9.17, 15) is 4.79 Å². The van der Waals surface area contributed by atoms with Crippen LogP contribution in [0.1, 0.15) is 46.0 Å². The summed E-state index contributed by atoms with van der Waals surface area (Å²) < 4.78 is 5.35. The highest BCUT2D eigenvalue weighted by Crippen LogP contribution is 2.17. The first-order valence-corrected chi connectivity index (χ1v) is 7.08. The number of allylic oxidation sites excluding steroid dienone is 1. The number of hydrogen-bond acceptors (Lipinski definition) is 3. The van der Waals surface area contributed by atoms with Crippen LogP contribution >= 0.6 is 0 Å². The zero-order valence-corrected chi connectivity index (χ0v) is 12.2. The number of carbonyl (C=O) groups excluding carboxylic acids is 1. The number of carbonyl (C=O) groups is 1. The molecule has 0 aromatic carbocycles. The normalized spacial score (nSPS) is 18.8. The van der Waals surface area contributed by atoms with Crippen molar-refractivity contribution >= 4 is 5.97 Å². The van der Waals surface area contributed by atoms with Gasteiger partial charge in [-0.15, -0.1) is 6.58 Å². The molecule has 1 aliphatic heterocycles. The van der Waals surface area contributed by atoms with Crippen molar-refractivity contribution in [2.75, 3.05) is 19.6 Å². The van der Waals surface area contributed by atoms with E-state index in [4.69, 9.17) is 4.74 Å². The van der Waals surface area contributed by atoms with Crippen molar-refractivity contribution in [1.29, 1.82) is 0 Å². The fourth-order valence-electron chi connectivity index (χ4n) is 2.29. The molecule has 1 atom stereocenters. The minimum Gasteiger partial charge on any atom is -0.446 e. The van der Waals surface area contributed by atoms with Crippen molar-refractivity contribution in [3.8, 4) is 11.8 Å². The summed E-state index contributed by atoms with van der Waals surface area (Å²) in [5.74, 6) is 6.02. The molecule has 0 amide bonds. The molecule has 1 heterocycles. The Labute approximate surface area is 117 Å². The molecular weight excluding hydrogens is 238 g/mol. The van der Waals surface area contributed by atoms with Crippen LogP contribution in [-0.4, -0.2) is 36.1 Å². The third-order valence-corrected chi connectivity index (χ3v) is 3.30. The highest BCUT2D eigenvalue weighted by molar-refractivity contribution is 5.67. The molecule has 0 spiro atoms. The van der Waals surface area contributed by atoms with Crippen LogP contribution in [0.25, 0.3) is 0 Å². The van der Waals surface area contributed by atoms with E-state index in [1.165, 1.54) is 26.2 Å². The van der Waals surface area contributed by atoms with Crippen LogP contribution in [-0.2, 0) is 9.53 Å². The molecule has 1 fully saturated rings. The van der Waals surface area contributed by atoms with Crippen molar-refractivity contribution in [1.82, 2.24) is 4.90 Å².